The van der Waals surface area contributed by atoms with Gasteiger partial charge in [0.05, 0.1) is 41.2 Å². The third-order valence-electron chi connectivity index (χ3n) is 4.78. The number of benzene rings is 2. The van der Waals surface area contributed by atoms with Gasteiger partial charge in [-0.1, -0.05) is 36.0 Å². The number of halogens is 3. The first-order valence-corrected chi connectivity index (χ1v) is 11.0. The topological polar surface area (TPSA) is 76.5 Å². The number of hydrogen-bond acceptors (Lipinski definition) is 5. The maximum atomic E-state index is 13.1. The Kier molecular flexibility index (Phi) is 7.98. The van der Waals surface area contributed by atoms with Crippen molar-refractivity contribution in [2.75, 3.05) is 38.4 Å². The third-order valence-corrected chi connectivity index (χ3v) is 5.74. The second kappa shape index (κ2) is 10.7. The molecule has 7 nitrogen and oxygen atoms in total. The first kappa shape index (κ1) is 24.6. The van der Waals surface area contributed by atoms with Crippen molar-refractivity contribution in [1.29, 1.82) is 0 Å². The van der Waals surface area contributed by atoms with E-state index in [-0.39, 0.29) is 23.9 Å². The number of imidazole rings is 1. The van der Waals surface area contributed by atoms with Crippen LogP contribution in [0.1, 0.15) is 5.56 Å². The maximum Gasteiger partial charge on any atom is 0.418 e. The number of nitrogens with zero attached hydrogens (tertiary/aromatic N) is 3. The fourth-order valence-corrected chi connectivity index (χ4v) is 4.11. The second-order valence-corrected chi connectivity index (χ2v) is 8.10. The minimum atomic E-state index is -4.60. The Morgan fingerprint density at radius 3 is 2.58 bits per heavy atom. The maximum absolute atomic E-state index is 13.1. The van der Waals surface area contributed by atoms with Crippen LogP contribution in [0, 0.1) is 0 Å². The van der Waals surface area contributed by atoms with Crippen LogP contribution in [0.15, 0.2) is 53.7 Å². The van der Waals surface area contributed by atoms with Gasteiger partial charge in [0, 0.05) is 20.7 Å². The van der Waals surface area contributed by atoms with E-state index in [1.54, 1.807) is 7.11 Å². The summed E-state index contributed by atoms with van der Waals surface area (Å²) in [6, 6.07) is 12.3. The summed E-state index contributed by atoms with van der Waals surface area (Å²) in [5.41, 5.74) is 0.412. The summed E-state index contributed by atoms with van der Waals surface area (Å²) in [6.07, 6.45) is -4.60. The number of nitrogens with one attached hydrogen (secondary N) is 1. The molecule has 0 saturated carbocycles. The Balaban J connectivity index is 1.61. The number of rotatable bonds is 9. The molecule has 0 saturated heterocycles. The molecule has 33 heavy (non-hydrogen) atoms. The van der Waals surface area contributed by atoms with Crippen LogP contribution in [-0.4, -0.2) is 59.3 Å². The lowest BCUT2D eigenvalue weighted by atomic mass is 10.1. The highest BCUT2D eigenvalue weighted by Gasteiger charge is 2.33. The number of thioether (sulfide) groups is 1. The Labute approximate surface area is 192 Å². The van der Waals surface area contributed by atoms with E-state index in [9.17, 15) is 22.8 Å². The SMILES string of the molecule is COCCn1c(SCC(=O)N(C)CC(=O)Nc2ccccc2C(F)(F)F)nc2ccccc21. The molecule has 0 aliphatic rings. The molecule has 2 amide bonds. The highest BCUT2D eigenvalue weighted by Crippen LogP contribution is 2.34. The molecular weight excluding hydrogens is 457 g/mol. The molecule has 0 aliphatic carbocycles. The smallest absolute Gasteiger partial charge is 0.383 e. The average molecular weight is 481 g/mol. The zero-order valence-corrected chi connectivity index (χ0v) is 18.9. The summed E-state index contributed by atoms with van der Waals surface area (Å²) >= 11 is 1.22. The molecule has 3 rings (SSSR count). The van der Waals surface area contributed by atoms with E-state index in [0.29, 0.717) is 18.3 Å². The molecule has 0 unspecified atom stereocenters. The van der Waals surface area contributed by atoms with Gasteiger partial charge < -0.3 is 19.5 Å². The average Bonchev–Trinajstić information content (AvgIpc) is 3.12. The van der Waals surface area contributed by atoms with Crippen molar-refractivity contribution < 1.29 is 27.5 Å². The lowest BCUT2D eigenvalue weighted by Crippen LogP contribution is -2.36. The van der Waals surface area contributed by atoms with Gasteiger partial charge in [-0.3, -0.25) is 9.59 Å². The molecule has 0 bridgehead atoms. The van der Waals surface area contributed by atoms with Gasteiger partial charge in [0.15, 0.2) is 5.16 Å². The highest BCUT2D eigenvalue weighted by molar-refractivity contribution is 7.99. The normalized spacial score (nSPS) is 11.5. The second-order valence-electron chi connectivity index (χ2n) is 7.16. The monoisotopic (exact) mass is 480 g/mol. The van der Waals surface area contributed by atoms with Gasteiger partial charge in [-0.15, -0.1) is 0 Å². The number of hydrogen-bond donors (Lipinski definition) is 1. The lowest BCUT2D eigenvalue weighted by Gasteiger charge is -2.18. The van der Waals surface area contributed by atoms with Crippen LogP contribution in [-0.2, 0) is 27.0 Å². The number of anilines is 1. The number of alkyl halides is 3. The number of fused-ring (bicyclic) bond motifs is 1. The van der Waals surface area contributed by atoms with E-state index >= 15 is 0 Å². The van der Waals surface area contributed by atoms with Crippen molar-refractivity contribution in [1.82, 2.24) is 14.5 Å². The first-order valence-electron chi connectivity index (χ1n) is 9.97. The molecule has 0 spiro atoms. The Morgan fingerprint density at radius 2 is 1.85 bits per heavy atom. The molecule has 1 heterocycles. The summed E-state index contributed by atoms with van der Waals surface area (Å²) < 4.78 is 46.4. The first-order chi connectivity index (χ1) is 15.7. The third kappa shape index (κ3) is 6.26. The van der Waals surface area contributed by atoms with Crippen molar-refractivity contribution in [3.05, 3.63) is 54.1 Å². The number of aromatic nitrogens is 2. The molecule has 1 aromatic heterocycles. The fraction of sp³-hybridized carbons (Fsp3) is 0.318. The molecule has 0 fully saturated rings. The largest absolute Gasteiger partial charge is 0.418 e. The van der Waals surface area contributed by atoms with E-state index in [4.69, 9.17) is 4.74 Å². The van der Waals surface area contributed by atoms with Crippen LogP contribution >= 0.6 is 11.8 Å². The van der Waals surface area contributed by atoms with Crippen molar-refractivity contribution in [2.45, 2.75) is 17.9 Å². The van der Waals surface area contributed by atoms with Gasteiger partial charge in [0.2, 0.25) is 11.8 Å². The molecule has 11 heteroatoms. The summed E-state index contributed by atoms with van der Waals surface area (Å²) in [5, 5.41) is 2.87. The quantitative estimate of drug-likeness (QED) is 0.471. The van der Waals surface area contributed by atoms with Gasteiger partial charge in [-0.2, -0.15) is 13.2 Å². The number of carbonyl (C=O) groups excluding carboxylic acids is 2. The van der Waals surface area contributed by atoms with Crippen LogP contribution < -0.4 is 5.32 Å². The molecule has 2 aromatic carbocycles. The van der Waals surface area contributed by atoms with E-state index < -0.39 is 17.6 Å². The van der Waals surface area contributed by atoms with E-state index in [1.807, 2.05) is 28.8 Å². The fourth-order valence-electron chi connectivity index (χ4n) is 3.13. The molecule has 0 aliphatic heterocycles. The van der Waals surface area contributed by atoms with Gasteiger partial charge in [-0.25, -0.2) is 4.98 Å². The van der Waals surface area contributed by atoms with Crippen LogP contribution in [0.3, 0.4) is 0 Å². The van der Waals surface area contributed by atoms with E-state index in [1.165, 1.54) is 41.9 Å². The molecule has 1 N–H and O–H groups in total. The Morgan fingerprint density at radius 1 is 1.15 bits per heavy atom. The number of para-hydroxylation sites is 3. The summed E-state index contributed by atoms with van der Waals surface area (Å²) in [7, 11) is 3.02. The van der Waals surface area contributed by atoms with Crippen molar-refractivity contribution >= 4 is 40.3 Å². The van der Waals surface area contributed by atoms with Crippen LogP contribution in [0.5, 0.6) is 0 Å². The van der Waals surface area contributed by atoms with Crippen LogP contribution in [0.25, 0.3) is 11.0 Å². The molecule has 176 valence electrons. The zero-order valence-electron chi connectivity index (χ0n) is 18.1. The summed E-state index contributed by atoms with van der Waals surface area (Å²) in [5.74, 6) is -1.07. The molecule has 0 atom stereocenters. The number of carbonyl (C=O) groups is 2. The molecular formula is C22H23F3N4O3S. The van der Waals surface area contributed by atoms with Crippen molar-refractivity contribution in [3.63, 3.8) is 0 Å². The molecule has 0 radical (unpaired) electrons. The van der Waals surface area contributed by atoms with Crippen molar-refractivity contribution in [3.8, 4) is 0 Å². The van der Waals surface area contributed by atoms with E-state index in [0.717, 1.165) is 17.1 Å². The van der Waals surface area contributed by atoms with E-state index in [2.05, 4.69) is 10.3 Å². The zero-order chi connectivity index (χ0) is 24.0. The predicted molar refractivity (Wildman–Crippen MR) is 120 cm³/mol. The van der Waals surface area contributed by atoms with Gasteiger partial charge in [0.25, 0.3) is 0 Å². The Bertz CT molecular complexity index is 1130. The number of ether oxygens (including phenoxy) is 1. The van der Waals surface area contributed by atoms with Crippen LogP contribution in [0.4, 0.5) is 18.9 Å². The van der Waals surface area contributed by atoms with Gasteiger partial charge >= 0.3 is 6.18 Å². The standard InChI is InChI=1S/C22H23F3N4O3S/c1-28(13-19(30)26-16-8-4-3-7-15(16)22(23,24)25)20(31)14-33-21-27-17-9-5-6-10-18(17)29(21)11-12-32-2/h3-10H,11-14H2,1-2H3,(H,26,30). The molecule has 3 aromatic rings. The minimum absolute atomic E-state index is 0.0131. The van der Waals surface area contributed by atoms with Gasteiger partial charge in [0.1, 0.15) is 0 Å². The summed E-state index contributed by atoms with van der Waals surface area (Å²) in [6.45, 7) is 0.650. The Hall–Kier alpha value is -3.05. The predicted octanol–water partition coefficient (Wildman–Crippen LogP) is 3.89. The highest BCUT2D eigenvalue weighted by atomic mass is 32.2. The number of likely N-dealkylation sites (N-methyl/N-ethyl adjacent to an activating group) is 1. The van der Waals surface area contributed by atoms with Crippen LogP contribution in [0.2, 0.25) is 0 Å². The minimum Gasteiger partial charge on any atom is -0.383 e. The van der Waals surface area contributed by atoms with Gasteiger partial charge in [-0.05, 0) is 24.3 Å². The number of amides is 2. The van der Waals surface area contributed by atoms with Crippen molar-refractivity contribution in [2.24, 2.45) is 0 Å². The lowest BCUT2D eigenvalue weighted by molar-refractivity contribution is -0.137. The number of methoxy groups -OCH3 is 1. The summed E-state index contributed by atoms with van der Waals surface area (Å²) in [4.78, 5) is 30.5.